The normalized spacial score (nSPS) is 15.4. The van der Waals surface area contributed by atoms with E-state index in [4.69, 9.17) is 4.42 Å². The first-order valence-electron chi connectivity index (χ1n) is 10.6. The van der Waals surface area contributed by atoms with Gasteiger partial charge < -0.3 is 14.6 Å². The number of aryl methyl sites for hydroxylation is 1. The third-order valence-electron chi connectivity index (χ3n) is 5.65. The van der Waals surface area contributed by atoms with E-state index >= 15 is 0 Å². The molecule has 4 rings (SSSR count). The Kier molecular flexibility index (Phi) is 6.76. The van der Waals surface area contributed by atoms with Gasteiger partial charge in [-0.2, -0.15) is 0 Å². The van der Waals surface area contributed by atoms with Crippen molar-refractivity contribution in [1.29, 1.82) is 0 Å². The van der Waals surface area contributed by atoms with Crippen molar-refractivity contribution in [3.05, 3.63) is 70.6 Å². The zero-order valence-electron chi connectivity index (χ0n) is 17.5. The molecule has 7 nitrogen and oxygen atoms in total. The van der Waals surface area contributed by atoms with Gasteiger partial charge in [-0.05, 0) is 49.0 Å². The molecule has 1 aliphatic rings. The monoisotopic (exact) mass is 438 g/mol. The van der Waals surface area contributed by atoms with Crippen LogP contribution >= 0.6 is 11.5 Å². The van der Waals surface area contributed by atoms with Crippen LogP contribution in [0.15, 0.2) is 52.5 Å². The van der Waals surface area contributed by atoms with E-state index in [-0.39, 0.29) is 30.1 Å². The minimum absolute atomic E-state index is 0.135. The summed E-state index contributed by atoms with van der Waals surface area (Å²) in [6.07, 6.45) is 6.92. The first kappa shape index (κ1) is 21.2. The Balaban J connectivity index is 1.70. The fourth-order valence-electron chi connectivity index (χ4n) is 4.00. The average molecular weight is 439 g/mol. The molecule has 1 N–H and O–H groups in total. The summed E-state index contributed by atoms with van der Waals surface area (Å²) in [6, 6.07) is 10.6. The molecule has 3 aromatic rings. The standard InChI is InChI=1S/C23H26N4O3S/c1-16-9-11-17(12-10-16)21(22(28)24-18-6-3-2-4-7-18)27(14-19-8-5-13-30-19)23(29)20-15-31-26-25-20/h5,8-13,15,18,21H,2-4,6-7,14H2,1H3,(H,24,28). The molecule has 0 aliphatic heterocycles. The maximum Gasteiger partial charge on any atom is 0.276 e. The van der Waals surface area contributed by atoms with Gasteiger partial charge in [-0.1, -0.05) is 53.6 Å². The fraction of sp³-hybridized carbons (Fsp3) is 0.391. The van der Waals surface area contributed by atoms with Crippen molar-refractivity contribution >= 4 is 23.3 Å². The molecule has 0 bridgehead atoms. The number of furan rings is 1. The number of nitrogens with zero attached hydrogens (tertiary/aromatic N) is 3. The summed E-state index contributed by atoms with van der Waals surface area (Å²) in [6.45, 7) is 2.15. The summed E-state index contributed by atoms with van der Waals surface area (Å²) in [5.74, 6) is 0.0625. The molecule has 1 fully saturated rings. The largest absolute Gasteiger partial charge is 0.467 e. The minimum Gasteiger partial charge on any atom is -0.467 e. The average Bonchev–Trinajstić information content (AvgIpc) is 3.49. The summed E-state index contributed by atoms with van der Waals surface area (Å²) >= 11 is 1.11. The lowest BCUT2D eigenvalue weighted by Crippen LogP contribution is -2.47. The number of aromatic nitrogens is 2. The van der Waals surface area contributed by atoms with Crippen LogP contribution in [0.5, 0.6) is 0 Å². The summed E-state index contributed by atoms with van der Waals surface area (Å²) in [5, 5.41) is 8.74. The topological polar surface area (TPSA) is 88.3 Å². The molecule has 1 atom stereocenters. The summed E-state index contributed by atoms with van der Waals surface area (Å²) < 4.78 is 9.33. The van der Waals surface area contributed by atoms with E-state index in [9.17, 15) is 9.59 Å². The van der Waals surface area contributed by atoms with Crippen molar-refractivity contribution in [2.45, 2.75) is 57.7 Å². The second-order valence-corrected chi connectivity index (χ2v) is 8.57. The number of nitrogens with one attached hydrogen (secondary N) is 1. The maximum absolute atomic E-state index is 13.6. The van der Waals surface area contributed by atoms with Gasteiger partial charge in [0.05, 0.1) is 12.8 Å². The Morgan fingerprint density at radius 1 is 1.19 bits per heavy atom. The molecule has 2 amide bonds. The molecule has 0 spiro atoms. The summed E-state index contributed by atoms with van der Waals surface area (Å²) in [4.78, 5) is 28.5. The molecule has 2 heterocycles. The number of hydrogen-bond acceptors (Lipinski definition) is 6. The highest BCUT2D eigenvalue weighted by Crippen LogP contribution is 2.27. The fourth-order valence-corrected chi connectivity index (χ4v) is 4.43. The van der Waals surface area contributed by atoms with Crippen LogP contribution in [-0.2, 0) is 11.3 Å². The van der Waals surface area contributed by atoms with E-state index in [1.54, 1.807) is 23.8 Å². The third kappa shape index (κ3) is 5.19. The molecule has 0 radical (unpaired) electrons. The lowest BCUT2D eigenvalue weighted by Gasteiger charge is -2.32. The van der Waals surface area contributed by atoms with Crippen molar-refractivity contribution in [3.8, 4) is 0 Å². The molecule has 31 heavy (non-hydrogen) atoms. The molecule has 8 heteroatoms. The van der Waals surface area contributed by atoms with Crippen molar-refractivity contribution in [2.75, 3.05) is 0 Å². The third-order valence-corrected chi connectivity index (χ3v) is 6.16. The number of hydrogen-bond donors (Lipinski definition) is 1. The van der Waals surface area contributed by atoms with E-state index in [1.165, 1.54) is 11.3 Å². The van der Waals surface area contributed by atoms with E-state index in [0.717, 1.165) is 48.3 Å². The minimum atomic E-state index is -0.804. The van der Waals surface area contributed by atoms with E-state index in [1.807, 2.05) is 31.2 Å². The Labute approximate surface area is 185 Å². The number of carbonyl (C=O) groups excluding carboxylic acids is 2. The number of amides is 2. The van der Waals surface area contributed by atoms with Gasteiger partial charge in [0.15, 0.2) is 5.69 Å². The highest BCUT2D eigenvalue weighted by Gasteiger charge is 2.34. The molecule has 1 aromatic carbocycles. The van der Waals surface area contributed by atoms with Gasteiger partial charge in [-0.15, -0.1) is 5.10 Å². The van der Waals surface area contributed by atoms with Crippen LogP contribution in [0.25, 0.3) is 0 Å². The van der Waals surface area contributed by atoms with Gasteiger partial charge in [0, 0.05) is 11.4 Å². The van der Waals surface area contributed by atoms with Crippen LogP contribution in [-0.4, -0.2) is 32.3 Å². The molecular weight excluding hydrogens is 412 g/mol. The van der Waals surface area contributed by atoms with Crippen LogP contribution in [0.3, 0.4) is 0 Å². The smallest absolute Gasteiger partial charge is 0.276 e. The van der Waals surface area contributed by atoms with E-state index in [2.05, 4.69) is 14.9 Å². The van der Waals surface area contributed by atoms with Crippen LogP contribution in [0.4, 0.5) is 0 Å². The number of benzene rings is 1. The molecule has 1 aliphatic carbocycles. The van der Waals surface area contributed by atoms with E-state index < -0.39 is 6.04 Å². The molecule has 2 aromatic heterocycles. The van der Waals surface area contributed by atoms with Gasteiger partial charge in [0.25, 0.3) is 5.91 Å². The molecular formula is C23H26N4O3S. The second kappa shape index (κ2) is 9.87. The van der Waals surface area contributed by atoms with E-state index in [0.29, 0.717) is 5.76 Å². The van der Waals surface area contributed by atoms with Crippen molar-refractivity contribution < 1.29 is 14.0 Å². The van der Waals surface area contributed by atoms with Gasteiger partial charge in [-0.25, -0.2) is 0 Å². The molecule has 1 saturated carbocycles. The Hall–Kier alpha value is -3.00. The maximum atomic E-state index is 13.6. The predicted molar refractivity (Wildman–Crippen MR) is 117 cm³/mol. The molecule has 1 unspecified atom stereocenters. The Morgan fingerprint density at radius 2 is 1.97 bits per heavy atom. The summed E-state index contributed by atoms with van der Waals surface area (Å²) in [5.41, 5.74) is 2.06. The number of rotatable bonds is 7. The van der Waals surface area contributed by atoms with Crippen LogP contribution < -0.4 is 5.32 Å². The first-order chi connectivity index (χ1) is 15.1. The zero-order chi connectivity index (χ0) is 21.6. The number of carbonyl (C=O) groups is 2. The van der Waals surface area contributed by atoms with Gasteiger partial charge in [0.2, 0.25) is 5.91 Å². The predicted octanol–water partition coefficient (Wildman–Crippen LogP) is 4.27. The Morgan fingerprint density at radius 3 is 2.61 bits per heavy atom. The lowest BCUT2D eigenvalue weighted by atomic mass is 9.94. The Bertz CT molecular complexity index is 981. The van der Waals surface area contributed by atoms with Gasteiger partial charge in [0.1, 0.15) is 11.8 Å². The molecule has 0 saturated heterocycles. The highest BCUT2D eigenvalue weighted by atomic mass is 32.1. The van der Waals surface area contributed by atoms with Gasteiger partial charge >= 0.3 is 0 Å². The SMILES string of the molecule is Cc1ccc(C(C(=O)NC2CCCCC2)N(Cc2ccco2)C(=O)c2csnn2)cc1. The van der Waals surface area contributed by atoms with Gasteiger partial charge in [-0.3, -0.25) is 9.59 Å². The lowest BCUT2D eigenvalue weighted by molar-refractivity contribution is -0.127. The first-order valence-corrected chi connectivity index (χ1v) is 11.4. The molecule has 162 valence electrons. The van der Waals surface area contributed by atoms with Crippen molar-refractivity contribution in [1.82, 2.24) is 19.8 Å². The summed E-state index contributed by atoms with van der Waals surface area (Å²) in [7, 11) is 0. The van der Waals surface area contributed by atoms with Crippen LogP contribution in [0.2, 0.25) is 0 Å². The van der Waals surface area contributed by atoms with Crippen molar-refractivity contribution in [3.63, 3.8) is 0 Å². The second-order valence-electron chi connectivity index (χ2n) is 7.96. The van der Waals surface area contributed by atoms with Crippen LogP contribution in [0, 0.1) is 6.92 Å². The quantitative estimate of drug-likeness (QED) is 0.595. The zero-order valence-corrected chi connectivity index (χ0v) is 18.3. The van der Waals surface area contributed by atoms with Crippen molar-refractivity contribution in [2.24, 2.45) is 0 Å². The van der Waals surface area contributed by atoms with Crippen LogP contribution in [0.1, 0.15) is 65.5 Å². The highest BCUT2D eigenvalue weighted by molar-refractivity contribution is 7.03.